The second kappa shape index (κ2) is 9.17. The Morgan fingerprint density at radius 1 is 1.04 bits per heavy atom. The van der Waals surface area contributed by atoms with E-state index in [1.54, 1.807) is 48.5 Å². The molecule has 0 amide bonds. The molecule has 0 aliphatic carbocycles. The maximum absolute atomic E-state index is 11.8. The molecule has 7 heteroatoms. The molecule has 0 atom stereocenters. The van der Waals surface area contributed by atoms with Crippen molar-refractivity contribution in [1.82, 2.24) is 0 Å². The first-order valence-electron chi connectivity index (χ1n) is 7.79. The number of benzene rings is 2. The summed E-state index contributed by atoms with van der Waals surface area (Å²) in [4.78, 5) is 33.9. The number of Topliss-reactive ketones (excluding diaryl/α,β-unsaturated/α-hetero) is 1. The van der Waals surface area contributed by atoms with E-state index < -0.39 is 10.9 Å². The van der Waals surface area contributed by atoms with Crippen LogP contribution in [0, 0.1) is 10.1 Å². The van der Waals surface area contributed by atoms with Gasteiger partial charge in [-0.1, -0.05) is 42.5 Å². The molecule has 0 saturated heterocycles. The number of nitro groups is 1. The third-order valence-electron chi connectivity index (χ3n) is 3.43. The van der Waals surface area contributed by atoms with E-state index in [0.717, 1.165) is 0 Å². The molecule has 0 saturated carbocycles. The quantitative estimate of drug-likeness (QED) is 0.247. The van der Waals surface area contributed by atoms with Crippen molar-refractivity contribution in [3.05, 3.63) is 70.3 Å². The first kappa shape index (κ1) is 18.1. The lowest BCUT2D eigenvalue weighted by Gasteiger charge is -2.07. The lowest BCUT2D eigenvalue weighted by molar-refractivity contribution is -0.384. The summed E-state index contributed by atoms with van der Waals surface area (Å²) in [5.41, 5.74) is 0.881. The number of nitrogens with one attached hydrogen (secondary N) is 1. The number of esters is 1. The highest BCUT2D eigenvalue weighted by atomic mass is 16.6. The van der Waals surface area contributed by atoms with E-state index in [-0.39, 0.29) is 24.5 Å². The fraction of sp³-hybridized carbons (Fsp3) is 0.222. The molecule has 2 aromatic carbocycles. The third-order valence-corrected chi connectivity index (χ3v) is 3.43. The number of hydrogen-bond acceptors (Lipinski definition) is 6. The predicted molar refractivity (Wildman–Crippen MR) is 92.6 cm³/mol. The Labute approximate surface area is 144 Å². The monoisotopic (exact) mass is 342 g/mol. The maximum atomic E-state index is 11.8. The van der Waals surface area contributed by atoms with Crippen LogP contribution in [0.1, 0.15) is 23.2 Å². The molecule has 0 aromatic heterocycles. The number of carbonyl (C=O) groups is 2. The number of nitrogens with zero attached hydrogens (tertiary/aromatic N) is 1. The average molecular weight is 342 g/mol. The van der Waals surface area contributed by atoms with Crippen LogP contribution >= 0.6 is 0 Å². The molecular formula is C18H18N2O5. The van der Waals surface area contributed by atoms with Gasteiger partial charge in [0.15, 0.2) is 12.4 Å². The van der Waals surface area contributed by atoms with Crippen molar-refractivity contribution in [2.24, 2.45) is 0 Å². The number of para-hydroxylation sites is 2. The topological polar surface area (TPSA) is 98.5 Å². The Hall–Kier alpha value is -3.22. The molecule has 0 radical (unpaired) electrons. The number of carbonyl (C=O) groups excluding carboxylic acids is 2. The van der Waals surface area contributed by atoms with E-state index in [0.29, 0.717) is 24.2 Å². The highest BCUT2D eigenvalue weighted by molar-refractivity contribution is 5.97. The Bertz CT molecular complexity index is 746. The van der Waals surface area contributed by atoms with Gasteiger partial charge in [0.2, 0.25) is 0 Å². The molecule has 0 spiro atoms. The highest BCUT2D eigenvalue weighted by Crippen LogP contribution is 2.22. The third kappa shape index (κ3) is 5.72. The number of rotatable bonds is 9. The number of anilines is 1. The van der Waals surface area contributed by atoms with Gasteiger partial charge in [0, 0.05) is 24.6 Å². The van der Waals surface area contributed by atoms with Crippen LogP contribution in [0.2, 0.25) is 0 Å². The smallest absolute Gasteiger partial charge is 0.306 e. The summed E-state index contributed by atoms with van der Waals surface area (Å²) in [7, 11) is 0. The molecule has 0 bridgehead atoms. The molecule has 2 rings (SSSR count). The Balaban J connectivity index is 1.69. The summed E-state index contributed by atoms with van der Waals surface area (Å²) in [5.74, 6) is -0.736. The van der Waals surface area contributed by atoms with E-state index in [9.17, 15) is 19.7 Å². The predicted octanol–water partition coefficient (Wildman–Crippen LogP) is 3.21. The minimum Gasteiger partial charge on any atom is -0.457 e. The van der Waals surface area contributed by atoms with Gasteiger partial charge >= 0.3 is 5.97 Å². The summed E-state index contributed by atoms with van der Waals surface area (Å²) in [6, 6.07) is 14.9. The summed E-state index contributed by atoms with van der Waals surface area (Å²) in [5, 5.41) is 13.8. The number of ketones is 1. The van der Waals surface area contributed by atoms with Gasteiger partial charge in [0.25, 0.3) is 5.69 Å². The fourth-order valence-electron chi connectivity index (χ4n) is 2.16. The SMILES string of the molecule is O=C(CCCNc1ccccc1[N+](=O)[O-])OCC(=O)c1ccccc1. The lowest BCUT2D eigenvalue weighted by Crippen LogP contribution is -2.15. The molecule has 7 nitrogen and oxygen atoms in total. The van der Waals surface area contributed by atoms with Gasteiger partial charge in [0.1, 0.15) is 5.69 Å². The fourth-order valence-corrected chi connectivity index (χ4v) is 2.16. The zero-order chi connectivity index (χ0) is 18.1. The molecular weight excluding hydrogens is 324 g/mol. The van der Waals surface area contributed by atoms with E-state index in [4.69, 9.17) is 4.74 Å². The lowest BCUT2D eigenvalue weighted by atomic mass is 10.1. The normalized spacial score (nSPS) is 10.1. The van der Waals surface area contributed by atoms with Crippen molar-refractivity contribution in [3.63, 3.8) is 0 Å². The van der Waals surface area contributed by atoms with Crippen molar-refractivity contribution < 1.29 is 19.2 Å². The second-order valence-electron chi connectivity index (χ2n) is 5.25. The van der Waals surface area contributed by atoms with Gasteiger partial charge < -0.3 is 10.1 Å². The first-order chi connectivity index (χ1) is 12.1. The number of ether oxygens (including phenoxy) is 1. The zero-order valence-corrected chi connectivity index (χ0v) is 13.5. The van der Waals surface area contributed by atoms with Crippen LogP contribution in [0.15, 0.2) is 54.6 Å². The Morgan fingerprint density at radius 3 is 2.44 bits per heavy atom. The standard InChI is InChI=1S/C18H18N2O5/c21-17(14-7-2-1-3-8-14)13-25-18(22)11-6-12-19-15-9-4-5-10-16(15)20(23)24/h1-5,7-10,19H,6,11-13H2. The van der Waals surface area contributed by atoms with E-state index >= 15 is 0 Å². The number of hydrogen-bond donors (Lipinski definition) is 1. The van der Waals surface area contributed by atoms with Gasteiger partial charge in [-0.15, -0.1) is 0 Å². The van der Waals surface area contributed by atoms with Crippen molar-refractivity contribution in [1.29, 1.82) is 0 Å². The summed E-state index contributed by atoms with van der Waals surface area (Å²) in [6.45, 7) is 0.0903. The Kier molecular flexibility index (Phi) is 6.65. The molecule has 25 heavy (non-hydrogen) atoms. The highest BCUT2D eigenvalue weighted by Gasteiger charge is 2.12. The van der Waals surface area contributed by atoms with E-state index in [2.05, 4.69) is 5.32 Å². The van der Waals surface area contributed by atoms with Crippen LogP contribution in [0.25, 0.3) is 0 Å². The van der Waals surface area contributed by atoms with Crippen molar-refractivity contribution in [3.8, 4) is 0 Å². The van der Waals surface area contributed by atoms with Crippen molar-refractivity contribution >= 4 is 23.1 Å². The molecule has 130 valence electrons. The maximum Gasteiger partial charge on any atom is 0.306 e. The zero-order valence-electron chi connectivity index (χ0n) is 13.5. The molecule has 0 aliphatic rings. The van der Waals surface area contributed by atoms with E-state index in [1.165, 1.54) is 6.07 Å². The average Bonchev–Trinajstić information content (AvgIpc) is 2.64. The summed E-state index contributed by atoms with van der Waals surface area (Å²) in [6.07, 6.45) is 0.556. The molecule has 2 aromatic rings. The summed E-state index contributed by atoms with van der Waals surface area (Å²) >= 11 is 0. The van der Waals surface area contributed by atoms with E-state index in [1.807, 2.05) is 0 Å². The van der Waals surface area contributed by atoms with Gasteiger partial charge in [-0.05, 0) is 12.5 Å². The largest absolute Gasteiger partial charge is 0.457 e. The molecule has 1 N–H and O–H groups in total. The van der Waals surface area contributed by atoms with Gasteiger partial charge in [-0.2, -0.15) is 0 Å². The summed E-state index contributed by atoms with van der Waals surface area (Å²) < 4.78 is 4.95. The molecule has 0 fully saturated rings. The van der Waals surface area contributed by atoms with Crippen LogP contribution in [0.5, 0.6) is 0 Å². The van der Waals surface area contributed by atoms with Crippen molar-refractivity contribution in [2.45, 2.75) is 12.8 Å². The van der Waals surface area contributed by atoms with Crippen molar-refractivity contribution in [2.75, 3.05) is 18.5 Å². The minimum atomic E-state index is -0.478. The van der Waals surface area contributed by atoms with Crippen LogP contribution < -0.4 is 5.32 Å². The van der Waals surface area contributed by atoms with Gasteiger partial charge in [-0.3, -0.25) is 19.7 Å². The first-order valence-corrected chi connectivity index (χ1v) is 7.79. The van der Waals surface area contributed by atoms with Gasteiger partial charge in [0.05, 0.1) is 4.92 Å². The number of nitro benzene ring substituents is 1. The Morgan fingerprint density at radius 2 is 1.72 bits per heavy atom. The second-order valence-corrected chi connectivity index (χ2v) is 5.25. The van der Waals surface area contributed by atoms with Gasteiger partial charge in [-0.25, -0.2) is 0 Å². The van der Waals surface area contributed by atoms with Crippen LogP contribution in [0.3, 0.4) is 0 Å². The molecule has 0 unspecified atom stereocenters. The van der Waals surface area contributed by atoms with Crippen LogP contribution in [-0.4, -0.2) is 29.8 Å². The molecule has 0 aliphatic heterocycles. The molecule has 0 heterocycles. The van der Waals surface area contributed by atoms with Crippen LogP contribution in [-0.2, 0) is 9.53 Å². The minimum absolute atomic E-state index is 0.0152. The van der Waals surface area contributed by atoms with Crippen LogP contribution in [0.4, 0.5) is 11.4 Å².